The van der Waals surface area contributed by atoms with Crippen LogP contribution < -0.4 is 5.32 Å². The summed E-state index contributed by atoms with van der Waals surface area (Å²) in [6, 6.07) is 8.50. The summed E-state index contributed by atoms with van der Waals surface area (Å²) in [5, 5.41) is 24.3. The summed E-state index contributed by atoms with van der Waals surface area (Å²) in [5.74, 6) is 3.29. The minimum absolute atomic E-state index is 0.134. The van der Waals surface area contributed by atoms with Gasteiger partial charge in [0.05, 0.1) is 11.0 Å². The van der Waals surface area contributed by atoms with Gasteiger partial charge in [0.1, 0.15) is 5.84 Å². The Balaban J connectivity index is 1.19. The first-order valence-electron chi connectivity index (χ1n) is 13.6. The van der Waals surface area contributed by atoms with Crippen molar-refractivity contribution in [2.24, 2.45) is 45.9 Å². The molecule has 5 aliphatic carbocycles. The second kappa shape index (κ2) is 8.46. The third-order valence-corrected chi connectivity index (χ3v) is 11.4. The SMILES string of the molecule is CC1C2CC3CC(CC1(C(=O)O)C3)C2NC(=NC#N)C(C)(C)N1C[C@@H]2C[C@@H](c3ccc(Cl)cc3)[C@@H]2C1. The molecule has 1 aromatic carbocycles. The highest BCUT2D eigenvalue weighted by molar-refractivity contribution is 6.30. The van der Waals surface area contributed by atoms with E-state index in [1.54, 1.807) is 0 Å². The lowest BCUT2D eigenvalue weighted by Gasteiger charge is -2.62. The summed E-state index contributed by atoms with van der Waals surface area (Å²) in [7, 11) is 0. The van der Waals surface area contributed by atoms with Gasteiger partial charge in [0.25, 0.3) is 0 Å². The number of likely N-dealkylation sites (tertiary alicyclic amines) is 1. The first kappa shape index (κ1) is 24.2. The third-order valence-electron chi connectivity index (χ3n) is 11.1. The molecule has 7 heteroatoms. The quantitative estimate of drug-likeness (QED) is 0.326. The predicted molar refractivity (Wildman–Crippen MR) is 140 cm³/mol. The first-order chi connectivity index (χ1) is 17.1. The minimum Gasteiger partial charge on any atom is -0.481 e. The van der Waals surface area contributed by atoms with Crippen molar-refractivity contribution in [3.8, 4) is 6.19 Å². The fourth-order valence-corrected chi connectivity index (χ4v) is 9.17. The molecule has 0 amide bonds. The third kappa shape index (κ3) is 3.53. The first-order valence-corrected chi connectivity index (χ1v) is 14.0. The van der Waals surface area contributed by atoms with Gasteiger partial charge in [-0.3, -0.25) is 9.69 Å². The molecule has 2 N–H and O–H groups in total. The van der Waals surface area contributed by atoms with Crippen LogP contribution >= 0.6 is 11.6 Å². The molecule has 0 aromatic heterocycles. The summed E-state index contributed by atoms with van der Waals surface area (Å²) in [6.45, 7) is 8.54. The Labute approximate surface area is 219 Å². The molecule has 4 bridgehead atoms. The highest BCUT2D eigenvalue weighted by atomic mass is 35.5. The van der Waals surface area contributed by atoms with E-state index in [2.05, 4.69) is 54.3 Å². The summed E-state index contributed by atoms with van der Waals surface area (Å²) >= 11 is 6.11. The Bertz CT molecular complexity index is 1130. The van der Waals surface area contributed by atoms with Crippen LogP contribution in [0.4, 0.5) is 0 Å². The zero-order chi connectivity index (χ0) is 25.4. The average Bonchev–Trinajstić information content (AvgIpc) is 3.16. The number of benzene rings is 1. The molecule has 1 aromatic rings. The van der Waals surface area contributed by atoms with Crippen LogP contribution in [0.15, 0.2) is 29.3 Å². The largest absolute Gasteiger partial charge is 0.481 e. The summed E-state index contributed by atoms with van der Waals surface area (Å²) in [4.78, 5) is 19.2. The van der Waals surface area contributed by atoms with Crippen molar-refractivity contribution >= 4 is 23.4 Å². The number of nitriles is 1. The molecule has 6 unspecified atom stereocenters. The standard InChI is InChI=1S/C29H37ClN4O2/c1-16-22-9-17-8-19(12-29(16,11-17)27(35)36)25(22)33-26(32-15-31)28(2,3)34-13-20-10-23(24(20)14-34)18-4-6-21(30)7-5-18/h4-7,16-17,19-20,22-25H,8-14H2,1-3H3,(H,32,33)(H,35,36)/t16?,17?,19?,20-,22?,23-,24+,25?,29?/m0/s1. The van der Waals surface area contributed by atoms with E-state index in [9.17, 15) is 15.2 Å². The molecule has 1 saturated heterocycles. The monoisotopic (exact) mass is 508 g/mol. The number of hydrogen-bond acceptors (Lipinski definition) is 4. The van der Waals surface area contributed by atoms with E-state index < -0.39 is 11.4 Å². The number of halogens is 1. The van der Waals surface area contributed by atoms with Crippen LogP contribution in [-0.4, -0.2) is 46.5 Å². The van der Waals surface area contributed by atoms with E-state index in [1.807, 2.05) is 12.1 Å². The molecule has 192 valence electrons. The number of aliphatic imine (C=N–C) groups is 1. The zero-order valence-corrected chi connectivity index (χ0v) is 22.2. The molecule has 36 heavy (non-hydrogen) atoms. The number of aliphatic carboxylic acids is 1. The van der Waals surface area contributed by atoms with Crippen molar-refractivity contribution in [1.29, 1.82) is 5.26 Å². The van der Waals surface area contributed by atoms with Crippen molar-refractivity contribution in [3.63, 3.8) is 0 Å². The smallest absolute Gasteiger partial charge is 0.309 e. The predicted octanol–water partition coefficient (Wildman–Crippen LogP) is 5.15. The maximum absolute atomic E-state index is 12.3. The second-order valence-corrected chi connectivity index (χ2v) is 13.4. The number of carboxylic acids is 1. The topological polar surface area (TPSA) is 88.7 Å². The lowest BCUT2D eigenvalue weighted by molar-refractivity contribution is -0.179. The average molecular weight is 509 g/mol. The Morgan fingerprint density at radius 2 is 1.92 bits per heavy atom. The molecule has 0 spiro atoms. The molecular formula is C29H37ClN4O2. The van der Waals surface area contributed by atoms with Crippen LogP contribution in [0.5, 0.6) is 0 Å². The zero-order valence-electron chi connectivity index (χ0n) is 21.5. The van der Waals surface area contributed by atoms with Crippen LogP contribution in [-0.2, 0) is 4.79 Å². The number of nitrogens with zero attached hydrogens (tertiary/aromatic N) is 3. The number of carboxylic acid groups (broad SMARTS) is 1. The van der Waals surface area contributed by atoms with Gasteiger partial charge in [-0.2, -0.15) is 10.3 Å². The van der Waals surface area contributed by atoms with E-state index in [1.165, 1.54) is 12.0 Å². The number of fused-ring (bicyclic) bond motifs is 1. The van der Waals surface area contributed by atoms with Crippen LogP contribution in [0.25, 0.3) is 0 Å². The number of rotatable bonds is 5. The van der Waals surface area contributed by atoms with Gasteiger partial charge in [-0.1, -0.05) is 30.7 Å². The maximum atomic E-state index is 12.3. The molecule has 0 radical (unpaired) electrons. The van der Waals surface area contributed by atoms with Crippen molar-refractivity contribution in [2.45, 2.75) is 70.4 Å². The number of nitrogens with one attached hydrogen (secondary N) is 1. The molecular weight excluding hydrogens is 472 g/mol. The van der Waals surface area contributed by atoms with Gasteiger partial charge in [-0.15, -0.1) is 0 Å². The molecule has 1 aliphatic heterocycles. The fourth-order valence-electron chi connectivity index (χ4n) is 9.05. The Morgan fingerprint density at radius 3 is 2.61 bits per heavy atom. The molecule has 9 atom stereocenters. The van der Waals surface area contributed by atoms with Crippen molar-refractivity contribution < 1.29 is 9.90 Å². The van der Waals surface area contributed by atoms with Crippen molar-refractivity contribution in [1.82, 2.24) is 10.2 Å². The number of hydrogen-bond donors (Lipinski definition) is 2. The van der Waals surface area contributed by atoms with Crippen LogP contribution in [0.3, 0.4) is 0 Å². The Hall–Kier alpha value is -2.10. The summed E-state index contributed by atoms with van der Waals surface area (Å²) < 4.78 is 0. The molecule has 6 aliphatic rings. The molecule has 5 saturated carbocycles. The van der Waals surface area contributed by atoms with E-state index in [0.717, 1.165) is 49.6 Å². The Kier molecular flexibility index (Phi) is 5.70. The van der Waals surface area contributed by atoms with E-state index >= 15 is 0 Å². The van der Waals surface area contributed by atoms with E-state index in [-0.39, 0.29) is 17.5 Å². The van der Waals surface area contributed by atoms with Gasteiger partial charge >= 0.3 is 5.97 Å². The van der Waals surface area contributed by atoms with Gasteiger partial charge in [-0.25, -0.2) is 0 Å². The van der Waals surface area contributed by atoms with Crippen LogP contribution in [0, 0.1) is 52.4 Å². The Morgan fingerprint density at radius 1 is 1.17 bits per heavy atom. The number of carbonyl (C=O) groups is 1. The van der Waals surface area contributed by atoms with Gasteiger partial charge in [-0.05, 0) is 105 Å². The lowest BCUT2D eigenvalue weighted by Crippen LogP contribution is -2.67. The fraction of sp³-hybridized carbons (Fsp3) is 0.690. The minimum atomic E-state index is -0.609. The maximum Gasteiger partial charge on any atom is 0.309 e. The normalized spacial score (nSPS) is 41.5. The van der Waals surface area contributed by atoms with Gasteiger partial charge in [0.15, 0.2) is 0 Å². The van der Waals surface area contributed by atoms with Crippen LogP contribution in [0.2, 0.25) is 5.02 Å². The van der Waals surface area contributed by atoms with Crippen LogP contribution in [0.1, 0.15) is 64.4 Å². The van der Waals surface area contributed by atoms with Crippen molar-refractivity contribution in [3.05, 3.63) is 34.9 Å². The number of amidine groups is 1. The summed E-state index contributed by atoms with van der Waals surface area (Å²) in [6.07, 6.45) is 7.02. The lowest BCUT2D eigenvalue weighted by atomic mass is 9.44. The highest BCUT2D eigenvalue weighted by Gasteiger charge is 2.63. The van der Waals surface area contributed by atoms with Gasteiger partial charge in [0, 0.05) is 24.2 Å². The van der Waals surface area contributed by atoms with Gasteiger partial charge in [0.2, 0.25) is 6.19 Å². The molecule has 1 heterocycles. The highest BCUT2D eigenvalue weighted by Crippen LogP contribution is 2.63. The molecule has 6 fully saturated rings. The van der Waals surface area contributed by atoms with E-state index in [4.69, 9.17) is 11.6 Å². The van der Waals surface area contributed by atoms with E-state index in [0.29, 0.717) is 35.5 Å². The molecule has 7 rings (SSSR count). The second-order valence-electron chi connectivity index (χ2n) is 12.9. The summed E-state index contributed by atoms with van der Waals surface area (Å²) in [5.41, 5.74) is 0.418. The van der Waals surface area contributed by atoms with Crippen molar-refractivity contribution in [2.75, 3.05) is 13.1 Å². The molecule has 6 nitrogen and oxygen atoms in total. The van der Waals surface area contributed by atoms with Gasteiger partial charge < -0.3 is 10.4 Å².